The lowest BCUT2D eigenvalue weighted by Gasteiger charge is -1.94. The van der Waals surface area contributed by atoms with Crippen molar-refractivity contribution < 1.29 is 0 Å². The molecule has 1 nitrogen and oxygen atoms in total. The van der Waals surface area contributed by atoms with Gasteiger partial charge in [0.1, 0.15) is 0 Å². The Balaban J connectivity index is 2.57. The van der Waals surface area contributed by atoms with Crippen molar-refractivity contribution in [1.82, 2.24) is 4.98 Å². The molecule has 0 fully saturated rings. The maximum atomic E-state index is 3.41. The second kappa shape index (κ2) is 4.16. The quantitative estimate of drug-likeness (QED) is 0.582. The first-order chi connectivity index (χ1) is 6.33. The number of alkyl halides is 2. The van der Waals surface area contributed by atoms with E-state index in [1.54, 1.807) is 0 Å². The molecule has 0 spiro atoms. The van der Waals surface area contributed by atoms with Gasteiger partial charge in [0, 0.05) is 20.1 Å². The van der Waals surface area contributed by atoms with Crippen LogP contribution in [0.1, 0.15) is 11.3 Å². The van der Waals surface area contributed by atoms with E-state index < -0.39 is 0 Å². The molecule has 68 valence electrons. The highest BCUT2D eigenvalue weighted by molar-refractivity contribution is 14.1. The molecular formula is C10H9I2N. The van der Waals surface area contributed by atoms with Crippen molar-refractivity contribution in [3.8, 4) is 0 Å². The third-order valence-corrected chi connectivity index (χ3v) is 3.74. The Kier molecular flexibility index (Phi) is 3.13. The topological polar surface area (TPSA) is 15.8 Å². The van der Waals surface area contributed by atoms with Gasteiger partial charge in [0.05, 0.1) is 0 Å². The zero-order valence-corrected chi connectivity index (χ0v) is 11.3. The van der Waals surface area contributed by atoms with E-state index in [1.165, 1.54) is 22.2 Å². The van der Waals surface area contributed by atoms with Gasteiger partial charge in [0.25, 0.3) is 0 Å². The minimum atomic E-state index is 1.05. The van der Waals surface area contributed by atoms with Gasteiger partial charge < -0.3 is 4.98 Å². The van der Waals surface area contributed by atoms with E-state index >= 15 is 0 Å². The highest BCUT2D eigenvalue weighted by Gasteiger charge is 1.99. The summed E-state index contributed by atoms with van der Waals surface area (Å²) in [4.78, 5) is 3.41. The van der Waals surface area contributed by atoms with E-state index in [0.29, 0.717) is 0 Å². The Bertz CT molecular complexity index is 418. The molecule has 0 aliphatic rings. The predicted molar refractivity (Wildman–Crippen MR) is 73.7 cm³/mol. The van der Waals surface area contributed by atoms with Crippen LogP contribution in [0.3, 0.4) is 0 Å². The normalized spacial score (nSPS) is 10.9. The first kappa shape index (κ1) is 9.76. The van der Waals surface area contributed by atoms with Crippen molar-refractivity contribution >= 4 is 56.1 Å². The summed E-state index contributed by atoms with van der Waals surface area (Å²) in [6, 6.07) is 8.84. The minimum Gasteiger partial charge on any atom is -0.358 e. The second-order valence-electron chi connectivity index (χ2n) is 2.98. The molecule has 1 heterocycles. The molecule has 3 heteroatoms. The van der Waals surface area contributed by atoms with Crippen LogP contribution in [0, 0.1) is 0 Å². The fourth-order valence-electron chi connectivity index (χ4n) is 1.39. The van der Waals surface area contributed by atoms with Crippen molar-refractivity contribution in [3.05, 3.63) is 35.5 Å². The van der Waals surface area contributed by atoms with Crippen LogP contribution >= 0.6 is 45.2 Å². The first-order valence-electron chi connectivity index (χ1n) is 4.06. The monoisotopic (exact) mass is 397 g/mol. The number of H-pyrrole nitrogens is 1. The molecule has 1 aromatic carbocycles. The molecule has 0 radical (unpaired) electrons. The van der Waals surface area contributed by atoms with Gasteiger partial charge in [0.15, 0.2) is 0 Å². The van der Waals surface area contributed by atoms with Crippen LogP contribution in [-0.4, -0.2) is 4.98 Å². The molecule has 0 saturated heterocycles. The molecule has 0 aliphatic heterocycles. The number of benzene rings is 1. The van der Waals surface area contributed by atoms with Crippen molar-refractivity contribution in [2.45, 2.75) is 8.86 Å². The summed E-state index contributed by atoms with van der Waals surface area (Å²) in [6.07, 6.45) is 0. The van der Waals surface area contributed by atoms with Crippen LogP contribution in [0.4, 0.5) is 0 Å². The minimum absolute atomic E-state index is 1.05. The summed E-state index contributed by atoms with van der Waals surface area (Å²) in [5.74, 6) is 0. The third-order valence-electron chi connectivity index (χ3n) is 2.04. The molecule has 13 heavy (non-hydrogen) atoms. The lowest BCUT2D eigenvalue weighted by molar-refractivity contribution is 1.29. The van der Waals surface area contributed by atoms with E-state index in [0.717, 1.165) is 8.86 Å². The summed E-state index contributed by atoms with van der Waals surface area (Å²) in [7, 11) is 0. The van der Waals surface area contributed by atoms with Gasteiger partial charge in [-0.3, -0.25) is 0 Å². The molecule has 1 aromatic heterocycles. The van der Waals surface area contributed by atoms with Crippen LogP contribution in [0.25, 0.3) is 10.9 Å². The fraction of sp³-hybridized carbons (Fsp3) is 0.200. The van der Waals surface area contributed by atoms with Gasteiger partial charge in [-0.15, -0.1) is 0 Å². The van der Waals surface area contributed by atoms with E-state index in [-0.39, 0.29) is 0 Å². The van der Waals surface area contributed by atoms with Gasteiger partial charge in [-0.1, -0.05) is 57.3 Å². The zero-order valence-electron chi connectivity index (χ0n) is 6.98. The van der Waals surface area contributed by atoms with Crippen molar-refractivity contribution in [2.75, 3.05) is 0 Å². The van der Waals surface area contributed by atoms with Crippen LogP contribution < -0.4 is 0 Å². The molecule has 0 bridgehead atoms. The molecule has 0 aliphatic carbocycles. The molecule has 0 unspecified atom stereocenters. The molecule has 1 N–H and O–H groups in total. The highest BCUT2D eigenvalue weighted by atomic mass is 127. The van der Waals surface area contributed by atoms with E-state index in [4.69, 9.17) is 0 Å². The first-order valence-corrected chi connectivity index (χ1v) is 7.11. The van der Waals surface area contributed by atoms with Gasteiger partial charge in [0.2, 0.25) is 0 Å². The van der Waals surface area contributed by atoms with Gasteiger partial charge >= 0.3 is 0 Å². The van der Waals surface area contributed by atoms with Gasteiger partial charge in [-0.25, -0.2) is 0 Å². The number of aromatic nitrogens is 1. The Morgan fingerprint density at radius 2 is 1.92 bits per heavy atom. The molecule has 0 atom stereocenters. The average Bonchev–Trinajstić information content (AvgIpc) is 2.58. The summed E-state index contributed by atoms with van der Waals surface area (Å²) in [5, 5.41) is 1.32. The SMILES string of the molecule is ICc1ccc2cc(CI)[nH]c2c1. The van der Waals surface area contributed by atoms with Crippen LogP contribution in [-0.2, 0) is 8.86 Å². The van der Waals surface area contributed by atoms with E-state index in [2.05, 4.69) is 74.4 Å². The van der Waals surface area contributed by atoms with E-state index in [9.17, 15) is 0 Å². The Hall–Kier alpha value is 0.220. The third kappa shape index (κ3) is 2.01. The van der Waals surface area contributed by atoms with E-state index in [1.807, 2.05) is 0 Å². The Labute approximate surface area is 105 Å². The maximum absolute atomic E-state index is 3.41. The van der Waals surface area contributed by atoms with Crippen molar-refractivity contribution in [1.29, 1.82) is 0 Å². The number of hydrogen-bond acceptors (Lipinski definition) is 0. The van der Waals surface area contributed by atoms with Gasteiger partial charge in [-0.05, 0) is 23.1 Å². The second-order valence-corrected chi connectivity index (χ2v) is 4.51. The average molecular weight is 397 g/mol. The zero-order chi connectivity index (χ0) is 9.26. The lowest BCUT2D eigenvalue weighted by Crippen LogP contribution is -1.76. The van der Waals surface area contributed by atoms with Gasteiger partial charge in [-0.2, -0.15) is 0 Å². The lowest BCUT2D eigenvalue weighted by atomic mass is 10.2. The standard InChI is InChI=1S/C10H9I2N/c11-5-7-1-2-8-4-9(6-12)13-10(8)3-7/h1-4,13H,5-6H2. The molecule has 2 aromatic rings. The number of rotatable bonds is 2. The molecular weight excluding hydrogens is 388 g/mol. The Morgan fingerprint density at radius 3 is 2.62 bits per heavy atom. The van der Waals surface area contributed by atoms with Crippen LogP contribution in [0.2, 0.25) is 0 Å². The Morgan fingerprint density at radius 1 is 1.08 bits per heavy atom. The summed E-state index contributed by atoms with van der Waals surface area (Å²) in [5.41, 5.74) is 3.96. The largest absolute Gasteiger partial charge is 0.358 e. The molecule has 0 saturated carbocycles. The van der Waals surface area contributed by atoms with Crippen LogP contribution in [0.15, 0.2) is 24.3 Å². The number of halogens is 2. The number of hydrogen-bond donors (Lipinski definition) is 1. The summed E-state index contributed by atoms with van der Waals surface area (Å²) in [6.45, 7) is 0. The summed E-state index contributed by atoms with van der Waals surface area (Å²) >= 11 is 4.76. The van der Waals surface area contributed by atoms with Crippen molar-refractivity contribution in [3.63, 3.8) is 0 Å². The van der Waals surface area contributed by atoms with Crippen molar-refractivity contribution in [2.24, 2.45) is 0 Å². The fourth-order valence-corrected chi connectivity index (χ4v) is 2.27. The summed E-state index contributed by atoms with van der Waals surface area (Å²) < 4.78 is 2.12. The predicted octanol–water partition coefficient (Wildman–Crippen LogP) is 4.04. The number of nitrogens with one attached hydrogen (secondary N) is 1. The maximum Gasteiger partial charge on any atom is 0.0459 e. The molecule has 0 amide bonds. The highest BCUT2D eigenvalue weighted by Crippen LogP contribution is 2.19. The van der Waals surface area contributed by atoms with Crippen LogP contribution in [0.5, 0.6) is 0 Å². The number of fused-ring (bicyclic) bond motifs is 1. The molecule has 2 rings (SSSR count). The number of aromatic amines is 1. The smallest absolute Gasteiger partial charge is 0.0459 e.